The summed E-state index contributed by atoms with van der Waals surface area (Å²) in [5.74, 6) is 0. The molecule has 3 heterocycles. The lowest BCUT2D eigenvalue weighted by atomic mass is 9.91. The van der Waals surface area contributed by atoms with Gasteiger partial charge in [0, 0.05) is 118 Å². The topological polar surface area (TPSA) is 74.8 Å². The maximum absolute atomic E-state index is 6.03. The van der Waals surface area contributed by atoms with Gasteiger partial charge >= 0.3 is 0 Å². The molecule has 63 heavy (non-hydrogen) atoms. The van der Waals surface area contributed by atoms with E-state index in [0.29, 0.717) is 25.4 Å². The first-order valence-corrected chi connectivity index (χ1v) is 25.8. The van der Waals surface area contributed by atoms with Gasteiger partial charge in [-0.25, -0.2) is 0 Å². The number of nitrogens with zero attached hydrogens (tertiary/aromatic N) is 6. The monoisotopic (exact) mass is 897 g/mol. The zero-order valence-electron chi connectivity index (χ0n) is 43.6. The molecule has 4 rings (SSSR count). The molecule has 0 spiro atoms. The van der Waals surface area contributed by atoms with E-state index in [-0.39, 0.29) is 22.2 Å². The Morgan fingerprint density at radius 2 is 0.746 bits per heavy atom. The van der Waals surface area contributed by atoms with Gasteiger partial charge in [0.15, 0.2) is 0 Å². The summed E-state index contributed by atoms with van der Waals surface area (Å²) in [5, 5.41) is 0. The lowest BCUT2D eigenvalue weighted by Gasteiger charge is -2.39. The SMILES string of the molecule is CC(C)(C)COCCOCCCN1CCN(CCCN2CCN(CCCOC(C)(C)C)CC2)CC1.CC(C)(C)OCCCCCN1CCN(CCOC2CC(OC(C)(C)C)C2)CC1. The van der Waals surface area contributed by atoms with Crippen LogP contribution < -0.4 is 0 Å². The van der Waals surface area contributed by atoms with Crippen LogP contribution in [0, 0.1) is 5.41 Å². The molecule has 0 aromatic carbocycles. The van der Waals surface area contributed by atoms with Crippen LogP contribution in [0.15, 0.2) is 0 Å². The van der Waals surface area contributed by atoms with Gasteiger partial charge in [-0.15, -0.1) is 0 Å². The zero-order chi connectivity index (χ0) is 46.2. The first-order chi connectivity index (χ1) is 29.7. The van der Waals surface area contributed by atoms with Gasteiger partial charge in [-0.2, -0.15) is 0 Å². The molecule has 4 fully saturated rings. The van der Waals surface area contributed by atoms with E-state index >= 15 is 0 Å². The summed E-state index contributed by atoms with van der Waals surface area (Å²) in [6, 6.07) is 0. The Morgan fingerprint density at radius 3 is 1.19 bits per heavy atom. The van der Waals surface area contributed by atoms with Crippen LogP contribution in [0.5, 0.6) is 0 Å². The van der Waals surface area contributed by atoms with E-state index in [1.165, 1.54) is 130 Å². The molecule has 1 aliphatic carbocycles. The first-order valence-electron chi connectivity index (χ1n) is 25.8. The van der Waals surface area contributed by atoms with Crippen LogP contribution >= 0.6 is 0 Å². The van der Waals surface area contributed by atoms with E-state index in [1.54, 1.807) is 0 Å². The van der Waals surface area contributed by atoms with Gasteiger partial charge in [0.1, 0.15) is 0 Å². The van der Waals surface area contributed by atoms with E-state index in [0.717, 1.165) is 71.8 Å². The lowest BCUT2D eigenvalue weighted by molar-refractivity contribution is -0.149. The van der Waals surface area contributed by atoms with E-state index in [2.05, 4.69) is 112 Å². The van der Waals surface area contributed by atoms with Gasteiger partial charge in [-0.3, -0.25) is 4.90 Å². The third-order valence-corrected chi connectivity index (χ3v) is 12.2. The Balaban J connectivity index is 0.000000344. The summed E-state index contributed by atoms with van der Waals surface area (Å²) in [7, 11) is 0. The number of piperazine rings is 3. The quantitative estimate of drug-likeness (QED) is 0.0782. The normalized spacial score (nSPS) is 22.3. The van der Waals surface area contributed by atoms with Crippen LogP contribution in [-0.4, -0.2) is 222 Å². The number of unbranched alkanes of at least 4 members (excludes halogenated alkanes) is 2. The molecular formula is C51H104N6O6. The minimum atomic E-state index is -0.0322. The predicted molar refractivity (Wildman–Crippen MR) is 262 cm³/mol. The molecular weight excluding hydrogens is 793 g/mol. The van der Waals surface area contributed by atoms with Gasteiger partial charge in [0.25, 0.3) is 0 Å². The molecule has 0 bridgehead atoms. The molecule has 3 saturated heterocycles. The Bertz CT molecular complexity index is 1110. The molecule has 4 aliphatic rings. The maximum Gasteiger partial charge on any atom is 0.0700 e. The first kappa shape index (κ1) is 56.8. The van der Waals surface area contributed by atoms with Crippen molar-refractivity contribution in [2.75, 3.05) is 164 Å². The van der Waals surface area contributed by atoms with Gasteiger partial charge < -0.3 is 52.9 Å². The average molecular weight is 897 g/mol. The number of ether oxygens (including phenoxy) is 6. The molecule has 0 aromatic rings. The molecule has 0 radical (unpaired) electrons. The second kappa shape index (κ2) is 30.1. The van der Waals surface area contributed by atoms with E-state index < -0.39 is 0 Å². The Hall–Kier alpha value is -0.480. The Labute approximate surface area is 389 Å². The van der Waals surface area contributed by atoms with E-state index in [4.69, 9.17) is 28.4 Å². The summed E-state index contributed by atoms with van der Waals surface area (Å²) in [4.78, 5) is 15.7. The third-order valence-electron chi connectivity index (χ3n) is 12.2. The molecule has 1 saturated carbocycles. The van der Waals surface area contributed by atoms with Crippen molar-refractivity contribution in [2.45, 2.75) is 163 Å². The van der Waals surface area contributed by atoms with E-state index in [9.17, 15) is 0 Å². The highest BCUT2D eigenvalue weighted by atomic mass is 16.5. The summed E-state index contributed by atoms with van der Waals surface area (Å²) in [5.41, 5.74) is 0.192. The highest BCUT2D eigenvalue weighted by molar-refractivity contribution is 4.84. The molecule has 3 aliphatic heterocycles. The van der Waals surface area contributed by atoms with Gasteiger partial charge in [-0.05, 0) is 139 Å². The molecule has 12 nitrogen and oxygen atoms in total. The van der Waals surface area contributed by atoms with E-state index in [1.807, 2.05) is 0 Å². The fourth-order valence-electron chi connectivity index (χ4n) is 8.47. The van der Waals surface area contributed by atoms with Crippen molar-refractivity contribution in [3.05, 3.63) is 0 Å². The average Bonchev–Trinajstić information content (AvgIpc) is 3.18. The second-order valence-corrected chi connectivity index (χ2v) is 23.1. The summed E-state index contributed by atoms with van der Waals surface area (Å²) in [6.45, 7) is 53.0. The third kappa shape index (κ3) is 30.5. The molecule has 0 N–H and O–H groups in total. The minimum absolute atomic E-state index is 0.000585. The highest BCUT2D eigenvalue weighted by Gasteiger charge is 2.33. The fraction of sp³-hybridized carbons (Fsp3) is 1.00. The van der Waals surface area contributed by atoms with Crippen LogP contribution in [0.25, 0.3) is 0 Å². The number of hydrogen-bond donors (Lipinski definition) is 0. The van der Waals surface area contributed by atoms with Crippen molar-refractivity contribution in [3.8, 4) is 0 Å². The molecule has 0 aromatic heterocycles. The van der Waals surface area contributed by atoms with Crippen LogP contribution in [0.4, 0.5) is 0 Å². The fourth-order valence-corrected chi connectivity index (χ4v) is 8.47. The maximum atomic E-state index is 6.03. The van der Waals surface area contributed by atoms with Crippen LogP contribution in [-0.2, 0) is 28.4 Å². The lowest BCUT2D eigenvalue weighted by Crippen LogP contribution is -2.49. The Morgan fingerprint density at radius 1 is 0.349 bits per heavy atom. The van der Waals surface area contributed by atoms with Crippen molar-refractivity contribution in [3.63, 3.8) is 0 Å². The Kier molecular flexibility index (Phi) is 27.2. The molecule has 12 heteroatoms. The largest absolute Gasteiger partial charge is 0.379 e. The van der Waals surface area contributed by atoms with Crippen molar-refractivity contribution in [2.24, 2.45) is 5.41 Å². The zero-order valence-corrected chi connectivity index (χ0v) is 43.6. The molecule has 0 amide bonds. The van der Waals surface area contributed by atoms with Crippen molar-refractivity contribution in [1.82, 2.24) is 29.4 Å². The van der Waals surface area contributed by atoms with Crippen molar-refractivity contribution in [1.29, 1.82) is 0 Å². The summed E-state index contributed by atoms with van der Waals surface area (Å²) in [6.07, 6.45) is 10.2. The predicted octanol–water partition coefficient (Wildman–Crippen LogP) is 7.24. The minimum Gasteiger partial charge on any atom is -0.379 e. The molecule has 0 atom stereocenters. The second-order valence-electron chi connectivity index (χ2n) is 23.1. The smallest absolute Gasteiger partial charge is 0.0700 e. The van der Waals surface area contributed by atoms with Gasteiger partial charge in [-0.1, -0.05) is 20.8 Å². The van der Waals surface area contributed by atoms with Crippen LogP contribution in [0.2, 0.25) is 0 Å². The van der Waals surface area contributed by atoms with Gasteiger partial charge in [0.2, 0.25) is 0 Å². The molecule has 0 unspecified atom stereocenters. The standard InChI is InChI=1S/C28H58N4O3.C23H46N2O3/c1-27(2,3)26-34-25-24-33-22-8-12-31-18-14-29(15-19-31)10-7-11-30-16-20-32(21-17-30)13-9-23-35-28(4,5)6;1-22(2,3)27-16-9-7-8-10-24-11-13-25(14-12-24)15-17-26-20-18-21(19-20)28-23(4,5)6/h7-26H2,1-6H3;20-21H,7-19H2,1-6H3. The highest BCUT2D eigenvalue weighted by Crippen LogP contribution is 2.30. The van der Waals surface area contributed by atoms with Gasteiger partial charge in [0.05, 0.1) is 55.4 Å². The van der Waals surface area contributed by atoms with Crippen molar-refractivity contribution < 1.29 is 28.4 Å². The molecule has 374 valence electrons. The van der Waals surface area contributed by atoms with Crippen LogP contribution in [0.1, 0.15) is 134 Å². The van der Waals surface area contributed by atoms with Crippen molar-refractivity contribution >= 4 is 0 Å². The summed E-state index contributed by atoms with van der Waals surface area (Å²) < 4.78 is 35.1. The summed E-state index contributed by atoms with van der Waals surface area (Å²) >= 11 is 0. The van der Waals surface area contributed by atoms with Crippen LogP contribution in [0.3, 0.4) is 0 Å². The number of hydrogen-bond acceptors (Lipinski definition) is 12. The number of rotatable bonds is 27.